The normalized spacial score (nSPS) is 12.7. The molecule has 2 N–H and O–H groups in total. The lowest BCUT2D eigenvalue weighted by molar-refractivity contribution is 0.0462. The average molecular weight is 303 g/mol. The molecule has 0 radical (unpaired) electrons. The summed E-state index contributed by atoms with van der Waals surface area (Å²) in [5.41, 5.74) is -0.628. The Morgan fingerprint density at radius 1 is 1.33 bits per heavy atom. The fourth-order valence-electron chi connectivity index (χ4n) is 1.33. The first-order chi connectivity index (χ1) is 9.67. The minimum Gasteiger partial charge on any atom is -0.491 e. The third-order valence-corrected chi connectivity index (χ3v) is 2.21. The zero-order valence-electron chi connectivity index (χ0n) is 12.2. The standard InChI is InChI=1S/C14H19F2NO4/c1-14(2,3)21-13(19)17-7-9(18)8-20-10-4-5-11(15)12(16)6-10/h4-6,9,18H,7-8H2,1-3H3,(H,17,19). The quantitative estimate of drug-likeness (QED) is 0.875. The predicted molar refractivity (Wildman–Crippen MR) is 72.1 cm³/mol. The summed E-state index contributed by atoms with van der Waals surface area (Å²) in [6.07, 6.45) is -1.67. The molecule has 118 valence electrons. The van der Waals surface area contributed by atoms with Gasteiger partial charge in [-0.25, -0.2) is 13.6 Å². The SMILES string of the molecule is CC(C)(C)OC(=O)NCC(O)COc1ccc(F)c(F)c1. The number of halogens is 2. The van der Waals surface area contributed by atoms with Gasteiger partial charge in [0.1, 0.15) is 24.1 Å². The van der Waals surface area contributed by atoms with E-state index in [2.05, 4.69) is 5.32 Å². The van der Waals surface area contributed by atoms with Gasteiger partial charge in [-0.2, -0.15) is 0 Å². The highest BCUT2D eigenvalue weighted by Gasteiger charge is 2.17. The fraction of sp³-hybridized carbons (Fsp3) is 0.500. The van der Waals surface area contributed by atoms with Gasteiger partial charge >= 0.3 is 6.09 Å². The Morgan fingerprint density at radius 3 is 2.57 bits per heavy atom. The lowest BCUT2D eigenvalue weighted by Crippen LogP contribution is -2.38. The summed E-state index contributed by atoms with van der Waals surface area (Å²) in [4.78, 5) is 11.3. The van der Waals surface area contributed by atoms with Crippen molar-refractivity contribution in [2.75, 3.05) is 13.2 Å². The van der Waals surface area contributed by atoms with Gasteiger partial charge in [0.15, 0.2) is 11.6 Å². The van der Waals surface area contributed by atoms with Crippen LogP contribution in [0, 0.1) is 11.6 Å². The van der Waals surface area contributed by atoms with E-state index in [1.807, 2.05) is 0 Å². The molecule has 0 aromatic heterocycles. The molecule has 21 heavy (non-hydrogen) atoms. The minimum absolute atomic E-state index is 0.0847. The highest BCUT2D eigenvalue weighted by atomic mass is 19.2. The second kappa shape index (κ2) is 7.21. The van der Waals surface area contributed by atoms with E-state index < -0.39 is 29.4 Å². The molecule has 0 aliphatic rings. The molecular formula is C14H19F2NO4. The van der Waals surface area contributed by atoms with Crippen molar-refractivity contribution in [2.24, 2.45) is 0 Å². The number of hydrogen-bond donors (Lipinski definition) is 2. The smallest absolute Gasteiger partial charge is 0.407 e. The molecule has 0 aliphatic carbocycles. The van der Waals surface area contributed by atoms with Crippen LogP contribution in [-0.2, 0) is 4.74 Å². The Bertz CT molecular complexity index is 488. The highest BCUT2D eigenvalue weighted by molar-refractivity contribution is 5.67. The topological polar surface area (TPSA) is 67.8 Å². The van der Waals surface area contributed by atoms with Crippen molar-refractivity contribution in [1.29, 1.82) is 0 Å². The summed E-state index contributed by atoms with van der Waals surface area (Å²) in [6, 6.07) is 3.05. The van der Waals surface area contributed by atoms with Crippen molar-refractivity contribution in [3.63, 3.8) is 0 Å². The molecule has 1 atom stereocenters. The number of carbonyl (C=O) groups excluding carboxylic acids is 1. The maximum absolute atomic E-state index is 12.9. The first-order valence-corrected chi connectivity index (χ1v) is 6.40. The molecule has 0 fully saturated rings. The summed E-state index contributed by atoms with van der Waals surface area (Å²) in [7, 11) is 0. The molecular weight excluding hydrogens is 284 g/mol. The molecule has 1 unspecified atom stereocenters. The number of nitrogens with one attached hydrogen (secondary N) is 1. The van der Waals surface area contributed by atoms with Crippen molar-refractivity contribution in [3.8, 4) is 5.75 Å². The highest BCUT2D eigenvalue weighted by Crippen LogP contribution is 2.15. The fourth-order valence-corrected chi connectivity index (χ4v) is 1.33. The zero-order chi connectivity index (χ0) is 16.0. The number of rotatable bonds is 5. The van der Waals surface area contributed by atoms with Gasteiger partial charge in [-0.3, -0.25) is 0 Å². The molecule has 0 heterocycles. The van der Waals surface area contributed by atoms with Crippen LogP contribution in [0.2, 0.25) is 0 Å². The van der Waals surface area contributed by atoms with Crippen LogP contribution in [0.25, 0.3) is 0 Å². The first-order valence-electron chi connectivity index (χ1n) is 6.40. The van der Waals surface area contributed by atoms with Gasteiger partial charge < -0.3 is 19.9 Å². The van der Waals surface area contributed by atoms with Gasteiger partial charge in [0.05, 0.1) is 6.54 Å². The molecule has 5 nitrogen and oxygen atoms in total. The summed E-state index contributed by atoms with van der Waals surface area (Å²) in [6.45, 7) is 4.89. The van der Waals surface area contributed by atoms with E-state index in [1.54, 1.807) is 20.8 Å². The van der Waals surface area contributed by atoms with Gasteiger partial charge in [0.2, 0.25) is 0 Å². The van der Waals surface area contributed by atoms with Crippen LogP contribution >= 0.6 is 0 Å². The first kappa shape index (κ1) is 17.2. The van der Waals surface area contributed by atoms with E-state index in [0.717, 1.165) is 12.1 Å². The summed E-state index contributed by atoms with van der Waals surface area (Å²) in [5.74, 6) is -1.92. The van der Waals surface area contributed by atoms with Crippen molar-refractivity contribution < 1.29 is 28.2 Å². The van der Waals surface area contributed by atoms with Gasteiger partial charge in [-0.15, -0.1) is 0 Å². The van der Waals surface area contributed by atoms with E-state index in [4.69, 9.17) is 9.47 Å². The maximum Gasteiger partial charge on any atom is 0.407 e. The van der Waals surface area contributed by atoms with Crippen LogP contribution in [0.15, 0.2) is 18.2 Å². The second-order valence-corrected chi connectivity index (χ2v) is 5.42. The molecule has 0 bridgehead atoms. The second-order valence-electron chi connectivity index (χ2n) is 5.42. The van der Waals surface area contributed by atoms with E-state index in [-0.39, 0.29) is 18.9 Å². The number of carbonyl (C=O) groups is 1. The number of ether oxygens (including phenoxy) is 2. The van der Waals surface area contributed by atoms with E-state index >= 15 is 0 Å². The Balaban J connectivity index is 2.32. The zero-order valence-corrected chi connectivity index (χ0v) is 12.2. The van der Waals surface area contributed by atoms with Crippen molar-refractivity contribution >= 4 is 6.09 Å². The number of alkyl carbamates (subject to hydrolysis) is 1. The monoisotopic (exact) mass is 303 g/mol. The number of aliphatic hydroxyl groups is 1. The van der Waals surface area contributed by atoms with Crippen molar-refractivity contribution in [3.05, 3.63) is 29.8 Å². The van der Waals surface area contributed by atoms with Crippen LogP contribution in [-0.4, -0.2) is 36.1 Å². The average Bonchev–Trinajstić information content (AvgIpc) is 2.36. The van der Waals surface area contributed by atoms with Gasteiger partial charge in [0.25, 0.3) is 0 Å². The third-order valence-electron chi connectivity index (χ3n) is 2.21. The van der Waals surface area contributed by atoms with E-state index in [9.17, 15) is 18.7 Å². The number of benzene rings is 1. The van der Waals surface area contributed by atoms with Crippen LogP contribution in [0.1, 0.15) is 20.8 Å². The lowest BCUT2D eigenvalue weighted by Gasteiger charge is -2.20. The van der Waals surface area contributed by atoms with Crippen LogP contribution in [0.4, 0.5) is 13.6 Å². The molecule has 0 saturated heterocycles. The van der Waals surface area contributed by atoms with E-state index in [0.29, 0.717) is 0 Å². The van der Waals surface area contributed by atoms with Gasteiger partial charge in [0, 0.05) is 6.07 Å². The predicted octanol–water partition coefficient (Wildman–Crippen LogP) is 2.23. The molecule has 7 heteroatoms. The largest absolute Gasteiger partial charge is 0.491 e. The molecule has 1 rings (SSSR count). The number of amides is 1. The maximum atomic E-state index is 12.9. The molecule has 0 spiro atoms. The Hall–Kier alpha value is -1.89. The summed E-state index contributed by atoms with van der Waals surface area (Å²) < 4.78 is 35.7. The minimum atomic E-state index is -1.03. The molecule has 0 aliphatic heterocycles. The Labute approximate surface area is 121 Å². The molecule has 1 aromatic carbocycles. The Morgan fingerprint density at radius 2 is 2.00 bits per heavy atom. The van der Waals surface area contributed by atoms with Crippen LogP contribution in [0.3, 0.4) is 0 Å². The van der Waals surface area contributed by atoms with Crippen molar-refractivity contribution in [2.45, 2.75) is 32.5 Å². The summed E-state index contributed by atoms with van der Waals surface area (Å²) >= 11 is 0. The Kier molecular flexibility index (Phi) is 5.90. The van der Waals surface area contributed by atoms with Gasteiger partial charge in [-0.05, 0) is 32.9 Å². The molecule has 1 aromatic rings. The summed E-state index contributed by atoms with van der Waals surface area (Å²) in [5, 5.41) is 12.0. The third kappa shape index (κ3) is 6.89. The van der Waals surface area contributed by atoms with E-state index in [1.165, 1.54) is 6.07 Å². The number of hydrogen-bond acceptors (Lipinski definition) is 4. The van der Waals surface area contributed by atoms with Crippen LogP contribution < -0.4 is 10.1 Å². The number of aliphatic hydroxyl groups excluding tert-OH is 1. The lowest BCUT2D eigenvalue weighted by atomic mass is 10.2. The van der Waals surface area contributed by atoms with Crippen molar-refractivity contribution in [1.82, 2.24) is 5.32 Å². The molecule has 0 saturated carbocycles. The van der Waals surface area contributed by atoms with Crippen LogP contribution in [0.5, 0.6) is 5.75 Å². The van der Waals surface area contributed by atoms with Gasteiger partial charge in [-0.1, -0.05) is 0 Å². The molecule has 1 amide bonds.